The van der Waals surface area contributed by atoms with E-state index < -0.39 is 0 Å². The number of amides is 1. The lowest BCUT2D eigenvalue weighted by atomic mass is 10.3. The van der Waals surface area contributed by atoms with Crippen LogP contribution in [-0.4, -0.2) is 25.5 Å². The summed E-state index contributed by atoms with van der Waals surface area (Å²) in [5.74, 6) is -0.392. The Hall–Kier alpha value is -1.62. The van der Waals surface area contributed by atoms with Gasteiger partial charge in [0.05, 0.1) is 7.11 Å². The van der Waals surface area contributed by atoms with Crippen molar-refractivity contribution in [2.75, 3.05) is 13.7 Å². The average molecular weight is 239 g/mol. The van der Waals surface area contributed by atoms with E-state index in [9.17, 15) is 9.59 Å². The predicted octanol–water partition coefficient (Wildman–Crippen LogP) is 1.68. The van der Waals surface area contributed by atoms with Crippen molar-refractivity contribution in [3.8, 4) is 0 Å². The number of hydrogen-bond acceptors (Lipinski definition) is 4. The summed E-state index contributed by atoms with van der Waals surface area (Å²) < 4.78 is 4.60. The van der Waals surface area contributed by atoms with Gasteiger partial charge in [-0.15, -0.1) is 11.3 Å². The van der Waals surface area contributed by atoms with E-state index in [0.29, 0.717) is 11.4 Å². The monoisotopic (exact) mass is 239 g/mol. The summed E-state index contributed by atoms with van der Waals surface area (Å²) in [7, 11) is 1.36. The molecule has 0 radical (unpaired) electrons. The molecule has 4 nitrogen and oxygen atoms in total. The lowest BCUT2D eigenvalue weighted by molar-refractivity contribution is -0.118. The lowest BCUT2D eigenvalue weighted by Gasteiger charge is -1.93. The first kappa shape index (κ1) is 12.4. The Balaban J connectivity index is 2.52. The van der Waals surface area contributed by atoms with E-state index in [1.807, 2.05) is 17.5 Å². The van der Waals surface area contributed by atoms with E-state index in [1.165, 1.54) is 25.4 Å². The standard InChI is InChI=1S/C11H13NO3S/c1-8(13)12-5-3-4-9-6-10(16-7-9)11(14)15-2/h3-4,6-7H,5H2,1-2H3,(H,12,13). The van der Waals surface area contributed by atoms with Crippen LogP contribution in [0.5, 0.6) is 0 Å². The molecule has 1 amide bonds. The SMILES string of the molecule is COC(=O)c1cc(C=CCNC(C)=O)cs1. The molecule has 0 aliphatic rings. The van der Waals surface area contributed by atoms with Crippen LogP contribution >= 0.6 is 11.3 Å². The van der Waals surface area contributed by atoms with Crippen LogP contribution in [0, 0.1) is 0 Å². The van der Waals surface area contributed by atoms with E-state index in [0.717, 1.165) is 5.56 Å². The molecule has 0 saturated heterocycles. The molecule has 1 N–H and O–H groups in total. The van der Waals surface area contributed by atoms with Gasteiger partial charge in [-0.2, -0.15) is 0 Å². The molecule has 16 heavy (non-hydrogen) atoms. The molecular formula is C11H13NO3S. The molecule has 0 unspecified atom stereocenters. The van der Waals surface area contributed by atoms with Crippen LogP contribution in [0.15, 0.2) is 17.5 Å². The van der Waals surface area contributed by atoms with Gasteiger partial charge in [-0.3, -0.25) is 4.79 Å². The van der Waals surface area contributed by atoms with Gasteiger partial charge in [0.15, 0.2) is 0 Å². The van der Waals surface area contributed by atoms with Crippen molar-refractivity contribution in [1.82, 2.24) is 5.32 Å². The van der Waals surface area contributed by atoms with Crippen molar-refractivity contribution in [1.29, 1.82) is 0 Å². The van der Waals surface area contributed by atoms with Crippen LogP contribution in [0.25, 0.3) is 6.08 Å². The number of methoxy groups -OCH3 is 1. The van der Waals surface area contributed by atoms with Gasteiger partial charge in [-0.05, 0) is 17.0 Å². The molecule has 86 valence electrons. The third-order valence-electron chi connectivity index (χ3n) is 1.79. The van der Waals surface area contributed by atoms with Crippen molar-refractivity contribution >= 4 is 29.3 Å². The number of esters is 1. The van der Waals surface area contributed by atoms with Gasteiger partial charge in [-0.25, -0.2) is 4.79 Å². The molecule has 0 spiro atoms. The topological polar surface area (TPSA) is 55.4 Å². The minimum absolute atomic E-state index is 0.0646. The van der Waals surface area contributed by atoms with Crippen molar-refractivity contribution < 1.29 is 14.3 Å². The van der Waals surface area contributed by atoms with Crippen LogP contribution in [0.2, 0.25) is 0 Å². The van der Waals surface area contributed by atoms with E-state index in [-0.39, 0.29) is 11.9 Å². The highest BCUT2D eigenvalue weighted by Crippen LogP contribution is 2.16. The summed E-state index contributed by atoms with van der Waals surface area (Å²) >= 11 is 1.33. The number of carbonyl (C=O) groups is 2. The van der Waals surface area contributed by atoms with Crippen LogP contribution in [0.3, 0.4) is 0 Å². The smallest absolute Gasteiger partial charge is 0.348 e. The highest BCUT2D eigenvalue weighted by molar-refractivity contribution is 7.12. The van der Waals surface area contributed by atoms with E-state index >= 15 is 0 Å². The van der Waals surface area contributed by atoms with Gasteiger partial charge in [0.1, 0.15) is 4.88 Å². The second kappa shape index (κ2) is 6.07. The van der Waals surface area contributed by atoms with E-state index in [4.69, 9.17) is 0 Å². The van der Waals surface area contributed by atoms with Crippen molar-refractivity contribution in [2.45, 2.75) is 6.92 Å². The first-order chi connectivity index (χ1) is 7.63. The molecule has 0 aliphatic heterocycles. The fourth-order valence-corrected chi connectivity index (χ4v) is 1.84. The summed E-state index contributed by atoms with van der Waals surface area (Å²) in [5.41, 5.74) is 0.927. The first-order valence-electron chi connectivity index (χ1n) is 4.71. The van der Waals surface area contributed by atoms with Gasteiger partial charge in [0.2, 0.25) is 5.91 Å². The summed E-state index contributed by atoms with van der Waals surface area (Å²) in [6.45, 7) is 1.95. The third-order valence-corrected chi connectivity index (χ3v) is 2.71. The molecule has 1 aromatic rings. The van der Waals surface area contributed by atoms with Crippen LogP contribution in [0.1, 0.15) is 22.2 Å². The van der Waals surface area contributed by atoms with Gasteiger partial charge >= 0.3 is 5.97 Å². The molecule has 1 heterocycles. The molecule has 1 aromatic heterocycles. The Morgan fingerprint density at radius 3 is 2.94 bits per heavy atom. The summed E-state index contributed by atoms with van der Waals surface area (Å²) in [5, 5.41) is 4.50. The quantitative estimate of drug-likeness (QED) is 0.813. The lowest BCUT2D eigenvalue weighted by Crippen LogP contribution is -2.19. The van der Waals surface area contributed by atoms with Gasteiger partial charge in [0, 0.05) is 13.5 Å². The molecular weight excluding hydrogens is 226 g/mol. The Labute approximate surface area is 97.9 Å². The Morgan fingerprint density at radius 1 is 1.56 bits per heavy atom. The molecule has 0 atom stereocenters. The van der Waals surface area contributed by atoms with Crippen molar-refractivity contribution in [2.24, 2.45) is 0 Å². The minimum atomic E-state index is -0.327. The fraction of sp³-hybridized carbons (Fsp3) is 0.273. The van der Waals surface area contributed by atoms with Gasteiger partial charge in [-0.1, -0.05) is 12.2 Å². The number of carbonyl (C=O) groups excluding carboxylic acids is 2. The molecule has 0 fully saturated rings. The fourth-order valence-electron chi connectivity index (χ4n) is 1.04. The molecule has 0 bridgehead atoms. The largest absolute Gasteiger partial charge is 0.465 e. The Bertz CT molecular complexity index is 409. The predicted molar refractivity (Wildman–Crippen MR) is 63.4 cm³/mol. The zero-order valence-electron chi connectivity index (χ0n) is 9.15. The maximum absolute atomic E-state index is 11.2. The molecule has 0 saturated carbocycles. The van der Waals surface area contributed by atoms with Crippen LogP contribution in [-0.2, 0) is 9.53 Å². The zero-order valence-corrected chi connectivity index (χ0v) is 9.97. The normalized spacial score (nSPS) is 10.4. The van der Waals surface area contributed by atoms with Gasteiger partial charge in [0.25, 0.3) is 0 Å². The Kier molecular flexibility index (Phi) is 4.72. The summed E-state index contributed by atoms with van der Waals surface area (Å²) in [6, 6.07) is 1.75. The second-order valence-electron chi connectivity index (χ2n) is 3.08. The highest BCUT2D eigenvalue weighted by Gasteiger charge is 2.06. The summed E-state index contributed by atoms with van der Waals surface area (Å²) in [4.78, 5) is 22.3. The number of nitrogens with one attached hydrogen (secondary N) is 1. The number of hydrogen-bond donors (Lipinski definition) is 1. The van der Waals surface area contributed by atoms with Crippen molar-refractivity contribution in [3.63, 3.8) is 0 Å². The van der Waals surface area contributed by atoms with Crippen LogP contribution in [0.4, 0.5) is 0 Å². The second-order valence-corrected chi connectivity index (χ2v) is 3.99. The number of ether oxygens (including phenoxy) is 1. The van der Waals surface area contributed by atoms with Crippen molar-refractivity contribution in [3.05, 3.63) is 28.0 Å². The molecule has 5 heteroatoms. The summed E-state index contributed by atoms with van der Waals surface area (Å²) in [6.07, 6.45) is 3.67. The molecule has 0 aromatic carbocycles. The molecule has 1 rings (SSSR count). The van der Waals surface area contributed by atoms with E-state index in [1.54, 1.807) is 6.07 Å². The van der Waals surface area contributed by atoms with Gasteiger partial charge < -0.3 is 10.1 Å². The molecule has 0 aliphatic carbocycles. The highest BCUT2D eigenvalue weighted by atomic mass is 32.1. The zero-order chi connectivity index (χ0) is 12.0. The maximum Gasteiger partial charge on any atom is 0.348 e. The van der Waals surface area contributed by atoms with E-state index in [2.05, 4.69) is 10.1 Å². The van der Waals surface area contributed by atoms with Crippen LogP contribution < -0.4 is 5.32 Å². The first-order valence-corrected chi connectivity index (χ1v) is 5.59. The maximum atomic E-state index is 11.2. The minimum Gasteiger partial charge on any atom is -0.465 e. The third kappa shape index (κ3) is 3.86. The number of thiophene rings is 1. The average Bonchev–Trinajstić information content (AvgIpc) is 2.71. The Morgan fingerprint density at radius 2 is 2.31 bits per heavy atom. The number of rotatable bonds is 4.